The van der Waals surface area contributed by atoms with Crippen LogP contribution in [-0.4, -0.2) is 34.6 Å². The first-order valence-electron chi connectivity index (χ1n) is 4.28. The van der Waals surface area contributed by atoms with Crippen molar-refractivity contribution in [3.05, 3.63) is 17.0 Å². The van der Waals surface area contributed by atoms with Crippen LogP contribution in [0, 0.1) is 26.2 Å². The standard InChI is InChI=1S/C10H13N3O/c1-5-6-13(4)10(14)9-7(2)11-12-8(9)3/h1H,6H2,2-4H3,(H,11,12). The van der Waals surface area contributed by atoms with Crippen LogP contribution >= 0.6 is 0 Å². The second-order valence-corrected chi connectivity index (χ2v) is 3.17. The molecule has 1 rings (SSSR count). The van der Waals surface area contributed by atoms with Crippen molar-refractivity contribution >= 4 is 5.91 Å². The van der Waals surface area contributed by atoms with E-state index in [2.05, 4.69) is 16.1 Å². The van der Waals surface area contributed by atoms with Crippen molar-refractivity contribution in [2.75, 3.05) is 13.6 Å². The fraction of sp³-hybridized carbons (Fsp3) is 0.400. The van der Waals surface area contributed by atoms with Crippen molar-refractivity contribution in [1.82, 2.24) is 15.1 Å². The highest BCUT2D eigenvalue weighted by molar-refractivity contribution is 5.96. The zero-order valence-corrected chi connectivity index (χ0v) is 8.59. The first kappa shape index (κ1) is 10.3. The van der Waals surface area contributed by atoms with Crippen molar-refractivity contribution in [1.29, 1.82) is 0 Å². The van der Waals surface area contributed by atoms with E-state index in [9.17, 15) is 4.79 Å². The number of nitrogens with one attached hydrogen (secondary N) is 1. The second-order valence-electron chi connectivity index (χ2n) is 3.17. The largest absolute Gasteiger partial charge is 0.330 e. The summed E-state index contributed by atoms with van der Waals surface area (Å²) in [6.45, 7) is 3.92. The Balaban J connectivity index is 2.95. The number of aromatic amines is 1. The lowest BCUT2D eigenvalue weighted by molar-refractivity contribution is 0.0811. The third-order valence-electron chi connectivity index (χ3n) is 2.02. The predicted molar refractivity (Wildman–Crippen MR) is 53.9 cm³/mol. The van der Waals surface area contributed by atoms with Crippen LogP contribution in [0.4, 0.5) is 0 Å². The molecular formula is C10H13N3O. The van der Waals surface area contributed by atoms with Gasteiger partial charge in [0.2, 0.25) is 0 Å². The van der Waals surface area contributed by atoms with Gasteiger partial charge in [0.1, 0.15) is 0 Å². The van der Waals surface area contributed by atoms with Crippen molar-refractivity contribution in [2.45, 2.75) is 13.8 Å². The van der Waals surface area contributed by atoms with E-state index in [1.807, 2.05) is 6.92 Å². The van der Waals surface area contributed by atoms with Crippen LogP contribution in [0.1, 0.15) is 21.7 Å². The van der Waals surface area contributed by atoms with Crippen LogP contribution in [0.15, 0.2) is 0 Å². The molecule has 0 aromatic carbocycles. The highest BCUT2D eigenvalue weighted by Gasteiger charge is 2.18. The summed E-state index contributed by atoms with van der Waals surface area (Å²) in [6, 6.07) is 0. The molecule has 0 spiro atoms. The Morgan fingerprint density at radius 3 is 2.71 bits per heavy atom. The Morgan fingerprint density at radius 1 is 1.64 bits per heavy atom. The van der Waals surface area contributed by atoms with Gasteiger partial charge < -0.3 is 4.90 Å². The average Bonchev–Trinajstić information content (AvgIpc) is 2.46. The molecule has 1 aromatic rings. The first-order valence-corrected chi connectivity index (χ1v) is 4.28. The fourth-order valence-corrected chi connectivity index (χ4v) is 1.27. The van der Waals surface area contributed by atoms with E-state index in [1.165, 1.54) is 4.90 Å². The lowest BCUT2D eigenvalue weighted by Gasteiger charge is -2.13. The van der Waals surface area contributed by atoms with Crippen LogP contribution in [-0.2, 0) is 0 Å². The molecule has 0 atom stereocenters. The van der Waals surface area contributed by atoms with E-state index < -0.39 is 0 Å². The van der Waals surface area contributed by atoms with Gasteiger partial charge in [-0.2, -0.15) is 5.10 Å². The highest BCUT2D eigenvalue weighted by atomic mass is 16.2. The monoisotopic (exact) mass is 191 g/mol. The highest BCUT2D eigenvalue weighted by Crippen LogP contribution is 2.11. The molecule has 1 amide bonds. The first-order chi connectivity index (χ1) is 6.57. The van der Waals surface area contributed by atoms with Gasteiger partial charge in [-0.3, -0.25) is 9.89 Å². The molecule has 1 aromatic heterocycles. The van der Waals surface area contributed by atoms with Gasteiger partial charge >= 0.3 is 0 Å². The summed E-state index contributed by atoms with van der Waals surface area (Å²) in [5, 5.41) is 6.72. The molecule has 0 aliphatic heterocycles. The maximum absolute atomic E-state index is 11.8. The summed E-state index contributed by atoms with van der Waals surface area (Å²) < 4.78 is 0. The molecule has 0 fully saturated rings. The van der Waals surface area contributed by atoms with Gasteiger partial charge in [0.05, 0.1) is 17.8 Å². The van der Waals surface area contributed by atoms with Gasteiger partial charge in [0.15, 0.2) is 0 Å². The number of H-pyrrole nitrogens is 1. The summed E-state index contributed by atoms with van der Waals surface area (Å²) in [5.41, 5.74) is 2.09. The second kappa shape index (κ2) is 3.97. The normalized spacial score (nSPS) is 9.57. The Morgan fingerprint density at radius 2 is 2.29 bits per heavy atom. The minimum Gasteiger partial charge on any atom is -0.330 e. The molecular weight excluding hydrogens is 178 g/mol. The minimum atomic E-state index is -0.0910. The number of rotatable bonds is 2. The quantitative estimate of drug-likeness (QED) is 0.701. The van der Waals surface area contributed by atoms with E-state index in [4.69, 9.17) is 6.42 Å². The summed E-state index contributed by atoms with van der Waals surface area (Å²) in [4.78, 5) is 13.3. The van der Waals surface area contributed by atoms with Gasteiger partial charge in [0, 0.05) is 12.7 Å². The van der Waals surface area contributed by atoms with Gasteiger partial charge in [0.25, 0.3) is 5.91 Å². The number of aromatic nitrogens is 2. The zero-order chi connectivity index (χ0) is 10.7. The van der Waals surface area contributed by atoms with Gasteiger partial charge in [-0.25, -0.2) is 0 Å². The number of carbonyl (C=O) groups is 1. The van der Waals surface area contributed by atoms with Crippen LogP contribution in [0.2, 0.25) is 0 Å². The number of hydrogen-bond donors (Lipinski definition) is 1. The van der Waals surface area contributed by atoms with E-state index in [1.54, 1.807) is 14.0 Å². The fourth-order valence-electron chi connectivity index (χ4n) is 1.27. The van der Waals surface area contributed by atoms with E-state index in [0.29, 0.717) is 17.8 Å². The number of aryl methyl sites for hydroxylation is 2. The van der Waals surface area contributed by atoms with Crippen LogP contribution in [0.3, 0.4) is 0 Å². The van der Waals surface area contributed by atoms with Crippen molar-refractivity contribution in [2.24, 2.45) is 0 Å². The van der Waals surface area contributed by atoms with Crippen LogP contribution < -0.4 is 0 Å². The van der Waals surface area contributed by atoms with Crippen LogP contribution in [0.5, 0.6) is 0 Å². The van der Waals surface area contributed by atoms with Gasteiger partial charge in [-0.1, -0.05) is 5.92 Å². The predicted octanol–water partition coefficient (Wildman–Crippen LogP) is 0.732. The lowest BCUT2D eigenvalue weighted by Crippen LogP contribution is -2.27. The molecule has 0 saturated carbocycles. The lowest BCUT2D eigenvalue weighted by atomic mass is 10.2. The Hall–Kier alpha value is -1.76. The zero-order valence-electron chi connectivity index (χ0n) is 8.59. The summed E-state index contributed by atoms with van der Waals surface area (Å²) in [6.07, 6.45) is 5.13. The third kappa shape index (κ3) is 1.77. The van der Waals surface area contributed by atoms with Crippen molar-refractivity contribution < 1.29 is 4.79 Å². The molecule has 74 valence electrons. The molecule has 1 N–H and O–H groups in total. The molecule has 0 saturated heterocycles. The van der Waals surface area contributed by atoms with E-state index >= 15 is 0 Å². The molecule has 4 heteroatoms. The topological polar surface area (TPSA) is 49.0 Å². The number of nitrogens with zero attached hydrogens (tertiary/aromatic N) is 2. The maximum Gasteiger partial charge on any atom is 0.258 e. The Kier molecular flexibility index (Phi) is 2.92. The SMILES string of the molecule is C#CCN(C)C(=O)c1c(C)n[nH]c1C. The minimum absolute atomic E-state index is 0.0910. The summed E-state index contributed by atoms with van der Waals surface area (Å²) in [5.74, 6) is 2.33. The Labute approximate surface area is 83.3 Å². The Bertz CT molecular complexity index is 367. The number of terminal acetylenes is 1. The molecule has 14 heavy (non-hydrogen) atoms. The van der Waals surface area contributed by atoms with Crippen molar-refractivity contribution in [3.8, 4) is 12.3 Å². The molecule has 0 bridgehead atoms. The van der Waals surface area contributed by atoms with Crippen LogP contribution in [0.25, 0.3) is 0 Å². The summed E-state index contributed by atoms with van der Waals surface area (Å²) in [7, 11) is 1.67. The number of amides is 1. The van der Waals surface area contributed by atoms with Crippen molar-refractivity contribution in [3.63, 3.8) is 0 Å². The average molecular weight is 191 g/mol. The van der Waals surface area contributed by atoms with E-state index in [0.717, 1.165) is 5.69 Å². The third-order valence-corrected chi connectivity index (χ3v) is 2.02. The molecule has 0 unspecified atom stereocenters. The molecule has 4 nitrogen and oxygen atoms in total. The molecule has 0 radical (unpaired) electrons. The number of carbonyl (C=O) groups excluding carboxylic acids is 1. The van der Waals surface area contributed by atoms with Gasteiger partial charge in [-0.05, 0) is 13.8 Å². The maximum atomic E-state index is 11.8. The number of hydrogen-bond acceptors (Lipinski definition) is 2. The molecule has 0 aliphatic rings. The summed E-state index contributed by atoms with van der Waals surface area (Å²) >= 11 is 0. The smallest absolute Gasteiger partial charge is 0.258 e. The molecule has 1 heterocycles. The molecule has 0 aliphatic carbocycles. The van der Waals surface area contributed by atoms with Gasteiger partial charge in [-0.15, -0.1) is 6.42 Å². The van der Waals surface area contributed by atoms with E-state index in [-0.39, 0.29) is 5.91 Å².